The van der Waals surface area contributed by atoms with Crippen LogP contribution in [0.1, 0.15) is 26.3 Å². The second-order valence-corrected chi connectivity index (χ2v) is 8.99. The van der Waals surface area contributed by atoms with Gasteiger partial charge in [-0.05, 0) is 77.5 Å². The summed E-state index contributed by atoms with van der Waals surface area (Å²) < 4.78 is 42.6. The van der Waals surface area contributed by atoms with Gasteiger partial charge < -0.3 is 0 Å². The molecule has 0 spiro atoms. The number of halogens is 1. The molecule has 178 valence electrons. The Labute approximate surface area is 199 Å². The van der Waals surface area contributed by atoms with Gasteiger partial charge in [-0.1, -0.05) is 12.1 Å². The number of carbonyl (C=O) groups is 2. The first kappa shape index (κ1) is 23.5. The Hall–Kier alpha value is -4.65. The molecule has 3 N–H and O–H groups in total. The van der Waals surface area contributed by atoms with E-state index in [1.54, 1.807) is 12.1 Å². The molecule has 1 aromatic heterocycles. The zero-order chi connectivity index (χ0) is 25.0. The van der Waals surface area contributed by atoms with Crippen molar-refractivity contribution >= 4 is 27.5 Å². The topological polar surface area (TPSA) is 148 Å². The smallest absolute Gasteiger partial charge is 0.269 e. The Balaban J connectivity index is 1.39. The third-order valence-electron chi connectivity index (χ3n) is 4.86. The van der Waals surface area contributed by atoms with Crippen molar-refractivity contribution < 1.29 is 22.4 Å². The molecule has 0 radical (unpaired) electrons. The normalized spacial score (nSPS) is 11.0. The first-order valence-electron chi connectivity index (χ1n) is 10.1. The van der Waals surface area contributed by atoms with E-state index < -0.39 is 27.7 Å². The lowest BCUT2D eigenvalue weighted by molar-refractivity contribution is 0.0846. The molecule has 2 amide bonds. The van der Waals surface area contributed by atoms with Crippen LogP contribution < -0.4 is 15.6 Å². The highest BCUT2D eigenvalue weighted by atomic mass is 32.2. The van der Waals surface area contributed by atoms with Crippen LogP contribution in [0, 0.1) is 12.7 Å². The second kappa shape index (κ2) is 9.69. The summed E-state index contributed by atoms with van der Waals surface area (Å²) in [5.41, 5.74) is 5.95. The molecular weight excluding hydrogens is 477 g/mol. The zero-order valence-corrected chi connectivity index (χ0v) is 19.0. The number of hydrogen-bond donors (Lipinski definition) is 3. The lowest BCUT2D eigenvalue weighted by Crippen LogP contribution is -2.41. The summed E-state index contributed by atoms with van der Waals surface area (Å²) in [7, 11) is -4.08. The number of hydrazine groups is 1. The van der Waals surface area contributed by atoms with Crippen LogP contribution in [-0.2, 0) is 10.0 Å². The second-order valence-electron chi connectivity index (χ2n) is 7.31. The van der Waals surface area contributed by atoms with Gasteiger partial charge in [-0.2, -0.15) is 0 Å². The number of anilines is 1. The molecule has 0 saturated carbocycles. The molecule has 0 aliphatic rings. The Morgan fingerprint density at radius 2 is 1.63 bits per heavy atom. The third-order valence-corrected chi connectivity index (χ3v) is 6.24. The quantitative estimate of drug-likeness (QED) is 0.347. The van der Waals surface area contributed by atoms with Crippen LogP contribution in [0.25, 0.3) is 5.69 Å². The average molecular weight is 495 g/mol. The predicted molar refractivity (Wildman–Crippen MR) is 122 cm³/mol. The molecule has 0 aliphatic heterocycles. The van der Waals surface area contributed by atoms with Crippen molar-refractivity contribution in [2.45, 2.75) is 11.8 Å². The molecular formula is C22H18FN7O4S. The fourth-order valence-electron chi connectivity index (χ4n) is 2.98. The summed E-state index contributed by atoms with van der Waals surface area (Å²) in [6.07, 6.45) is 1.41. The van der Waals surface area contributed by atoms with Gasteiger partial charge in [-0.15, -0.1) is 5.10 Å². The Morgan fingerprint density at radius 1 is 0.914 bits per heavy atom. The maximum atomic E-state index is 13.8. The lowest BCUT2D eigenvalue weighted by atomic mass is 10.2. The maximum Gasteiger partial charge on any atom is 0.269 e. The summed E-state index contributed by atoms with van der Waals surface area (Å²) in [6, 6.07) is 15.5. The van der Waals surface area contributed by atoms with E-state index in [0.29, 0.717) is 11.3 Å². The van der Waals surface area contributed by atoms with Crippen LogP contribution in [0.3, 0.4) is 0 Å². The first-order valence-corrected chi connectivity index (χ1v) is 11.5. The number of carbonyl (C=O) groups excluding carboxylic acids is 2. The number of tetrazole rings is 1. The van der Waals surface area contributed by atoms with E-state index in [0.717, 1.165) is 6.07 Å². The molecule has 4 rings (SSSR count). The van der Waals surface area contributed by atoms with E-state index in [-0.39, 0.29) is 21.7 Å². The number of benzene rings is 3. The number of rotatable bonds is 6. The number of aromatic nitrogens is 4. The summed E-state index contributed by atoms with van der Waals surface area (Å²) in [6.45, 7) is 1.52. The van der Waals surface area contributed by atoms with Crippen LogP contribution in [-0.4, -0.2) is 40.4 Å². The molecule has 3 aromatic carbocycles. The van der Waals surface area contributed by atoms with E-state index in [1.165, 1.54) is 66.5 Å². The van der Waals surface area contributed by atoms with Gasteiger partial charge in [-0.3, -0.25) is 25.2 Å². The highest BCUT2D eigenvalue weighted by Crippen LogP contribution is 2.19. The number of sulfonamides is 1. The van der Waals surface area contributed by atoms with Crippen molar-refractivity contribution in [1.29, 1.82) is 0 Å². The van der Waals surface area contributed by atoms with Gasteiger partial charge in [-0.25, -0.2) is 17.5 Å². The van der Waals surface area contributed by atoms with Crippen LogP contribution in [0.4, 0.5) is 10.1 Å². The van der Waals surface area contributed by atoms with Crippen molar-refractivity contribution in [1.82, 2.24) is 31.1 Å². The molecule has 11 nitrogen and oxygen atoms in total. The highest BCUT2D eigenvalue weighted by molar-refractivity contribution is 7.92. The molecule has 35 heavy (non-hydrogen) atoms. The highest BCUT2D eigenvalue weighted by Gasteiger charge is 2.17. The van der Waals surface area contributed by atoms with Gasteiger partial charge in [0, 0.05) is 16.8 Å². The van der Waals surface area contributed by atoms with E-state index in [2.05, 4.69) is 31.1 Å². The van der Waals surface area contributed by atoms with Gasteiger partial charge >= 0.3 is 0 Å². The summed E-state index contributed by atoms with van der Waals surface area (Å²) in [5.74, 6) is -1.90. The summed E-state index contributed by atoms with van der Waals surface area (Å²) >= 11 is 0. The van der Waals surface area contributed by atoms with Crippen molar-refractivity contribution in [2.75, 3.05) is 4.72 Å². The number of nitrogens with zero attached hydrogens (tertiary/aromatic N) is 4. The predicted octanol–water partition coefficient (Wildman–Crippen LogP) is 1.99. The zero-order valence-electron chi connectivity index (χ0n) is 18.1. The van der Waals surface area contributed by atoms with Gasteiger partial charge in [0.05, 0.1) is 10.6 Å². The Kier molecular flexibility index (Phi) is 6.51. The SMILES string of the molecule is Cc1ccc(S(=O)(=O)Nc2cccc(C(=O)NNC(=O)c3ccc(-n4cnnn4)cc3)c2)cc1F. The molecule has 0 fully saturated rings. The monoisotopic (exact) mass is 495 g/mol. The minimum absolute atomic E-state index is 0.0783. The van der Waals surface area contributed by atoms with E-state index in [4.69, 9.17) is 0 Å². The van der Waals surface area contributed by atoms with E-state index in [1.807, 2.05) is 0 Å². The number of amides is 2. The molecule has 0 saturated heterocycles. The third kappa shape index (κ3) is 5.47. The molecule has 4 aromatic rings. The average Bonchev–Trinajstić information content (AvgIpc) is 3.39. The van der Waals surface area contributed by atoms with Crippen LogP contribution >= 0.6 is 0 Å². The van der Waals surface area contributed by atoms with Crippen molar-refractivity contribution in [3.8, 4) is 5.69 Å². The molecule has 13 heteroatoms. The van der Waals surface area contributed by atoms with Crippen LogP contribution in [0.15, 0.2) is 78.0 Å². The van der Waals surface area contributed by atoms with Crippen molar-refractivity contribution in [3.63, 3.8) is 0 Å². The van der Waals surface area contributed by atoms with Gasteiger partial charge in [0.15, 0.2) is 0 Å². The summed E-state index contributed by atoms with van der Waals surface area (Å²) in [5, 5.41) is 10.8. The standard InChI is InChI=1S/C22H18FN7O4S/c1-14-5-10-19(12-20(14)23)35(33,34)27-17-4-2-3-16(11-17)22(32)26-25-21(31)15-6-8-18(9-7-15)30-13-24-28-29-30/h2-13,27H,1H3,(H,25,31)(H,26,32). The van der Waals surface area contributed by atoms with Crippen molar-refractivity contribution in [2.24, 2.45) is 0 Å². The minimum Gasteiger partial charge on any atom is -0.280 e. The van der Waals surface area contributed by atoms with Crippen LogP contribution in [0.5, 0.6) is 0 Å². The molecule has 0 unspecified atom stereocenters. The largest absolute Gasteiger partial charge is 0.280 e. The Bertz CT molecular complexity index is 1490. The van der Waals surface area contributed by atoms with Gasteiger partial charge in [0.1, 0.15) is 12.1 Å². The number of hydrogen-bond acceptors (Lipinski definition) is 7. The summed E-state index contributed by atoms with van der Waals surface area (Å²) in [4.78, 5) is 24.6. The maximum absolute atomic E-state index is 13.8. The minimum atomic E-state index is -4.08. The number of nitrogens with one attached hydrogen (secondary N) is 3. The molecule has 0 atom stereocenters. The fourth-order valence-corrected chi connectivity index (χ4v) is 4.04. The van der Waals surface area contributed by atoms with Crippen LogP contribution in [0.2, 0.25) is 0 Å². The first-order chi connectivity index (χ1) is 16.7. The van der Waals surface area contributed by atoms with Crippen molar-refractivity contribution in [3.05, 3.63) is 95.6 Å². The molecule has 0 aliphatic carbocycles. The van der Waals surface area contributed by atoms with E-state index >= 15 is 0 Å². The lowest BCUT2D eigenvalue weighted by Gasteiger charge is -2.11. The number of aryl methyl sites for hydroxylation is 1. The molecule has 1 heterocycles. The fraction of sp³-hybridized carbons (Fsp3) is 0.0455. The Morgan fingerprint density at radius 3 is 2.29 bits per heavy atom. The molecule has 0 bridgehead atoms. The van der Waals surface area contributed by atoms with Gasteiger partial charge in [0.25, 0.3) is 21.8 Å². The van der Waals surface area contributed by atoms with Gasteiger partial charge in [0.2, 0.25) is 0 Å². The van der Waals surface area contributed by atoms with E-state index in [9.17, 15) is 22.4 Å².